The van der Waals surface area contributed by atoms with Crippen LogP contribution in [0.25, 0.3) is 10.6 Å². The number of thiophene rings is 1. The first-order chi connectivity index (χ1) is 10.2. The van der Waals surface area contributed by atoms with Crippen LogP contribution in [0.4, 0.5) is 0 Å². The fourth-order valence-corrected chi connectivity index (χ4v) is 2.69. The summed E-state index contributed by atoms with van der Waals surface area (Å²) in [7, 11) is 0. The molecule has 1 amide bonds. The van der Waals surface area contributed by atoms with E-state index in [1.807, 2.05) is 60.8 Å². The molecule has 2 aromatic heterocycles. The van der Waals surface area contributed by atoms with Crippen LogP contribution >= 0.6 is 11.3 Å². The molecule has 3 aromatic rings. The summed E-state index contributed by atoms with van der Waals surface area (Å²) < 4.78 is 5.73. The molecule has 0 bridgehead atoms. The zero-order chi connectivity index (χ0) is 14.7. The molecule has 2 heterocycles. The van der Waals surface area contributed by atoms with Gasteiger partial charge in [-0.05, 0) is 42.6 Å². The Morgan fingerprint density at radius 1 is 1.14 bits per heavy atom. The maximum atomic E-state index is 12.0. The van der Waals surface area contributed by atoms with E-state index in [1.54, 1.807) is 11.3 Å². The van der Waals surface area contributed by atoms with Crippen LogP contribution in [0.3, 0.4) is 0 Å². The molecule has 0 radical (unpaired) electrons. The van der Waals surface area contributed by atoms with Gasteiger partial charge in [-0.3, -0.25) is 4.79 Å². The van der Waals surface area contributed by atoms with Crippen LogP contribution in [0.1, 0.15) is 21.7 Å². The quantitative estimate of drug-likeness (QED) is 0.782. The van der Waals surface area contributed by atoms with Crippen LogP contribution in [0.2, 0.25) is 0 Å². The smallest absolute Gasteiger partial charge is 0.251 e. The third-order valence-corrected chi connectivity index (χ3v) is 4.05. The molecule has 21 heavy (non-hydrogen) atoms. The number of carbonyl (C=O) groups is 1. The zero-order valence-corrected chi connectivity index (χ0v) is 12.4. The molecule has 0 saturated heterocycles. The number of aryl methyl sites for hydroxylation is 1. The number of nitrogens with one attached hydrogen (secondary N) is 1. The maximum Gasteiger partial charge on any atom is 0.251 e. The number of hydrogen-bond acceptors (Lipinski definition) is 3. The van der Waals surface area contributed by atoms with E-state index in [-0.39, 0.29) is 5.91 Å². The third kappa shape index (κ3) is 3.23. The van der Waals surface area contributed by atoms with Crippen molar-refractivity contribution in [1.82, 2.24) is 5.32 Å². The molecule has 4 heteroatoms. The van der Waals surface area contributed by atoms with E-state index in [1.165, 1.54) is 0 Å². The largest absolute Gasteiger partial charge is 0.458 e. The molecule has 1 aromatic carbocycles. The molecule has 3 rings (SSSR count). The van der Waals surface area contributed by atoms with Gasteiger partial charge in [-0.15, -0.1) is 11.3 Å². The standard InChI is InChI=1S/C17H15NO2S/c1-12-4-6-13(7-5-12)17(19)18-11-14-8-9-15(20-14)16-3-2-10-21-16/h2-10H,11H2,1H3,(H,18,19). The Morgan fingerprint density at radius 2 is 1.95 bits per heavy atom. The van der Waals surface area contributed by atoms with Crippen molar-refractivity contribution in [3.05, 3.63) is 70.8 Å². The lowest BCUT2D eigenvalue weighted by Gasteiger charge is -2.03. The highest BCUT2D eigenvalue weighted by Gasteiger charge is 2.08. The minimum absolute atomic E-state index is 0.0935. The highest BCUT2D eigenvalue weighted by atomic mass is 32.1. The molecule has 0 atom stereocenters. The molecule has 1 N–H and O–H groups in total. The Morgan fingerprint density at radius 3 is 2.67 bits per heavy atom. The number of benzene rings is 1. The highest BCUT2D eigenvalue weighted by molar-refractivity contribution is 7.13. The summed E-state index contributed by atoms with van der Waals surface area (Å²) in [6.45, 7) is 2.38. The van der Waals surface area contributed by atoms with E-state index >= 15 is 0 Å². The van der Waals surface area contributed by atoms with Crippen LogP contribution in [-0.4, -0.2) is 5.91 Å². The fourth-order valence-electron chi connectivity index (χ4n) is 2.00. The van der Waals surface area contributed by atoms with E-state index < -0.39 is 0 Å². The first-order valence-corrected chi connectivity index (χ1v) is 7.58. The molecular weight excluding hydrogens is 282 g/mol. The zero-order valence-electron chi connectivity index (χ0n) is 11.6. The summed E-state index contributed by atoms with van der Waals surface area (Å²) in [5.41, 5.74) is 1.80. The predicted molar refractivity (Wildman–Crippen MR) is 84.4 cm³/mol. The highest BCUT2D eigenvalue weighted by Crippen LogP contribution is 2.26. The van der Waals surface area contributed by atoms with E-state index in [0.29, 0.717) is 12.1 Å². The molecule has 3 nitrogen and oxygen atoms in total. The average Bonchev–Trinajstić information content (AvgIpc) is 3.16. The lowest BCUT2D eigenvalue weighted by molar-refractivity contribution is 0.0948. The van der Waals surface area contributed by atoms with E-state index in [4.69, 9.17) is 4.42 Å². The van der Waals surface area contributed by atoms with Crippen LogP contribution in [0, 0.1) is 6.92 Å². The van der Waals surface area contributed by atoms with Crippen molar-refractivity contribution in [2.45, 2.75) is 13.5 Å². The van der Waals surface area contributed by atoms with Gasteiger partial charge in [0.1, 0.15) is 11.5 Å². The topological polar surface area (TPSA) is 42.2 Å². The van der Waals surface area contributed by atoms with Crippen LogP contribution in [0.5, 0.6) is 0 Å². The second-order valence-electron chi connectivity index (χ2n) is 4.79. The van der Waals surface area contributed by atoms with Crippen molar-refractivity contribution in [2.75, 3.05) is 0 Å². The Bertz CT molecular complexity index is 727. The van der Waals surface area contributed by atoms with Crippen LogP contribution in [-0.2, 0) is 6.54 Å². The summed E-state index contributed by atoms with van der Waals surface area (Å²) in [5, 5.41) is 4.87. The van der Waals surface area contributed by atoms with Gasteiger partial charge in [0.25, 0.3) is 5.91 Å². The summed E-state index contributed by atoms with van der Waals surface area (Å²) in [4.78, 5) is 13.1. The SMILES string of the molecule is Cc1ccc(C(=O)NCc2ccc(-c3cccs3)o2)cc1. The number of furan rings is 1. The minimum atomic E-state index is -0.0935. The van der Waals surface area contributed by atoms with E-state index in [2.05, 4.69) is 5.32 Å². The van der Waals surface area contributed by atoms with Gasteiger partial charge in [-0.2, -0.15) is 0 Å². The lowest BCUT2D eigenvalue weighted by Crippen LogP contribution is -2.22. The molecule has 0 unspecified atom stereocenters. The number of rotatable bonds is 4. The summed E-state index contributed by atoms with van der Waals surface area (Å²) in [6.07, 6.45) is 0. The molecule has 106 valence electrons. The number of amides is 1. The summed E-state index contributed by atoms with van der Waals surface area (Å²) >= 11 is 1.63. The second kappa shape index (κ2) is 5.97. The van der Waals surface area contributed by atoms with Crippen molar-refractivity contribution in [1.29, 1.82) is 0 Å². The van der Waals surface area contributed by atoms with Crippen molar-refractivity contribution in [3.8, 4) is 10.6 Å². The van der Waals surface area contributed by atoms with Gasteiger partial charge in [0, 0.05) is 5.56 Å². The maximum absolute atomic E-state index is 12.0. The number of carbonyl (C=O) groups excluding carboxylic acids is 1. The molecule has 0 aliphatic heterocycles. The molecular formula is C17H15NO2S. The summed E-state index contributed by atoms with van der Waals surface area (Å²) in [6, 6.07) is 15.3. The Hall–Kier alpha value is -2.33. The average molecular weight is 297 g/mol. The third-order valence-electron chi connectivity index (χ3n) is 3.16. The molecule has 0 fully saturated rings. The summed E-state index contributed by atoms with van der Waals surface area (Å²) in [5.74, 6) is 1.49. The Balaban J connectivity index is 1.62. The van der Waals surface area contributed by atoms with Gasteiger partial charge in [-0.25, -0.2) is 0 Å². The van der Waals surface area contributed by atoms with Crippen LogP contribution in [0.15, 0.2) is 58.3 Å². The molecule has 0 aliphatic carbocycles. The molecule has 0 saturated carbocycles. The van der Waals surface area contributed by atoms with Crippen LogP contribution < -0.4 is 5.32 Å². The first-order valence-electron chi connectivity index (χ1n) is 6.70. The number of hydrogen-bond donors (Lipinski definition) is 1. The first kappa shape index (κ1) is 13.6. The van der Waals surface area contributed by atoms with Gasteiger partial charge < -0.3 is 9.73 Å². The van der Waals surface area contributed by atoms with Crippen molar-refractivity contribution in [2.24, 2.45) is 0 Å². The van der Waals surface area contributed by atoms with Gasteiger partial charge >= 0.3 is 0 Å². The van der Waals surface area contributed by atoms with E-state index in [9.17, 15) is 4.79 Å². The fraction of sp³-hybridized carbons (Fsp3) is 0.118. The van der Waals surface area contributed by atoms with Gasteiger partial charge in [-0.1, -0.05) is 23.8 Å². The van der Waals surface area contributed by atoms with Gasteiger partial charge in [0.2, 0.25) is 0 Å². The van der Waals surface area contributed by atoms with Gasteiger partial charge in [0.05, 0.1) is 11.4 Å². The second-order valence-corrected chi connectivity index (χ2v) is 5.74. The van der Waals surface area contributed by atoms with Crippen molar-refractivity contribution < 1.29 is 9.21 Å². The Kier molecular flexibility index (Phi) is 3.88. The monoisotopic (exact) mass is 297 g/mol. The Labute approximate surface area is 127 Å². The van der Waals surface area contributed by atoms with E-state index in [0.717, 1.165) is 22.0 Å². The van der Waals surface area contributed by atoms with Crippen molar-refractivity contribution >= 4 is 17.2 Å². The molecule has 0 aliphatic rings. The molecule has 0 spiro atoms. The minimum Gasteiger partial charge on any atom is -0.458 e. The van der Waals surface area contributed by atoms with Crippen molar-refractivity contribution in [3.63, 3.8) is 0 Å². The predicted octanol–water partition coefficient (Wildman–Crippen LogP) is 4.25. The normalized spacial score (nSPS) is 10.5. The van der Waals surface area contributed by atoms with Gasteiger partial charge in [0.15, 0.2) is 0 Å². The lowest BCUT2D eigenvalue weighted by atomic mass is 10.1.